The van der Waals surface area contributed by atoms with Gasteiger partial charge in [-0.15, -0.1) is 0 Å². The number of likely N-dealkylation sites (tertiary alicyclic amines) is 1. The lowest BCUT2D eigenvalue weighted by Gasteiger charge is -2.40. The molecule has 1 N–H and O–H groups in total. The number of para-hydroxylation sites is 1. The number of piperidine rings is 1. The van der Waals surface area contributed by atoms with Gasteiger partial charge in [0.15, 0.2) is 0 Å². The van der Waals surface area contributed by atoms with E-state index in [1.54, 1.807) is 17.0 Å². The van der Waals surface area contributed by atoms with Crippen molar-refractivity contribution < 1.29 is 28.9 Å². The second kappa shape index (κ2) is 6.55. The third kappa shape index (κ3) is 3.02. The second-order valence-corrected chi connectivity index (χ2v) is 5.55. The number of ether oxygens (including phenoxy) is 3. The summed E-state index contributed by atoms with van der Waals surface area (Å²) >= 11 is 0. The molecule has 2 fully saturated rings. The van der Waals surface area contributed by atoms with Gasteiger partial charge in [-0.2, -0.15) is 0 Å². The van der Waals surface area contributed by atoms with Crippen molar-refractivity contribution in [1.82, 2.24) is 4.90 Å². The number of carbonyl (C=O) groups excluding carboxylic acids is 1. The van der Waals surface area contributed by atoms with E-state index in [0.29, 0.717) is 32.7 Å². The number of hydrogen-bond acceptors (Lipinski definition) is 5. The van der Waals surface area contributed by atoms with Crippen LogP contribution >= 0.6 is 0 Å². The van der Waals surface area contributed by atoms with Crippen molar-refractivity contribution in [2.24, 2.45) is 0 Å². The number of methoxy groups -OCH3 is 1. The summed E-state index contributed by atoms with van der Waals surface area (Å²) in [7, 11) is 1.36. The van der Waals surface area contributed by atoms with Gasteiger partial charge in [0.2, 0.25) is 0 Å². The van der Waals surface area contributed by atoms with Crippen molar-refractivity contribution in [3.8, 4) is 5.75 Å². The average Bonchev–Trinajstić information content (AvgIpc) is 2.59. The Morgan fingerprint density at radius 1 is 1.22 bits per heavy atom. The molecule has 7 heteroatoms. The van der Waals surface area contributed by atoms with Gasteiger partial charge in [-0.05, 0) is 18.6 Å². The number of rotatable bonds is 3. The third-order valence-corrected chi connectivity index (χ3v) is 4.21. The van der Waals surface area contributed by atoms with Crippen molar-refractivity contribution in [3.63, 3.8) is 0 Å². The number of carboxylic acid groups (broad SMARTS) is 1. The van der Waals surface area contributed by atoms with Crippen LogP contribution in [0, 0.1) is 0 Å². The van der Waals surface area contributed by atoms with E-state index in [4.69, 9.17) is 14.2 Å². The Morgan fingerprint density at radius 2 is 1.91 bits per heavy atom. The first-order chi connectivity index (χ1) is 11.1. The minimum Gasteiger partial charge on any atom is -0.495 e. The molecule has 7 nitrogen and oxygen atoms in total. The molecule has 0 aromatic heterocycles. The molecule has 124 valence electrons. The summed E-state index contributed by atoms with van der Waals surface area (Å²) in [5, 5.41) is 9.23. The number of hydrogen-bond donors (Lipinski definition) is 1. The Hall–Kier alpha value is -2.12. The van der Waals surface area contributed by atoms with Crippen LogP contribution < -0.4 is 4.74 Å². The fraction of sp³-hybridized carbons (Fsp3) is 0.500. The summed E-state index contributed by atoms with van der Waals surface area (Å²) in [5.74, 6) is -1.29. The Balaban J connectivity index is 1.83. The molecule has 23 heavy (non-hydrogen) atoms. The van der Waals surface area contributed by atoms with Crippen LogP contribution in [0.15, 0.2) is 18.2 Å². The topological polar surface area (TPSA) is 85.3 Å². The molecule has 2 aliphatic heterocycles. The molecule has 0 saturated carbocycles. The van der Waals surface area contributed by atoms with Gasteiger partial charge >= 0.3 is 5.97 Å². The Labute approximate surface area is 133 Å². The van der Waals surface area contributed by atoms with E-state index in [1.807, 2.05) is 0 Å². The number of aromatic carboxylic acids is 1. The minimum absolute atomic E-state index is 0.0227. The zero-order chi connectivity index (χ0) is 16.4. The molecular formula is C16H19NO6. The molecule has 2 heterocycles. The van der Waals surface area contributed by atoms with Crippen molar-refractivity contribution in [2.75, 3.05) is 33.4 Å². The lowest BCUT2D eigenvalue weighted by atomic mass is 10.0. The summed E-state index contributed by atoms with van der Waals surface area (Å²) in [6.07, 6.45) is 0.604. The van der Waals surface area contributed by atoms with Crippen LogP contribution in [0.5, 0.6) is 5.75 Å². The lowest BCUT2D eigenvalue weighted by Crippen LogP contribution is -2.53. The molecule has 2 aliphatic rings. The highest BCUT2D eigenvalue weighted by Gasteiger charge is 2.36. The van der Waals surface area contributed by atoms with Crippen LogP contribution in [0.2, 0.25) is 0 Å². The molecule has 2 saturated heterocycles. The highest BCUT2D eigenvalue weighted by molar-refractivity contribution is 6.02. The zero-order valence-electron chi connectivity index (χ0n) is 12.9. The van der Waals surface area contributed by atoms with Crippen LogP contribution in [-0.4, -0.2) is 67.5 Å². The Bertz CT molecular complexity index is 617. The first-order valence-corrected chi connectivity index (χ1v) is 7.54. The second-order valence-electron chi connectivity index (χ2n) is 5.55. The molecule has 1 amide bonds. The number of amides is 1. The summed E-state index contributed by atoms with van der Waals surface area (Å²) < 4.78 is 16.5. The monoisotopic (exact) mass is 321 g/mol. The summed E-state index contributed by atoms with van der Waals surface area (Å²) in [6, 6.07) is 4.55. The van der Waals surface area contributed by atoms with Crippen LogP contribution in [0.25, 0.3) is 0 Å². The maximum atomic E-state index is 12.8. The molecule has 3 rings (SSSR count). The zero-order valence-corrected chi connectivity index (χ0v) is 12.9. The number of nitrogens with zero attached hydrogens (tertiary/aromatic N) is 1. The first kappa shape index (κ1) is 15.8. The smallest absolute Gasteiger partial charge is 0.339 e. The van der Waals surface area contributed by atoms with Crippen molar-refractivity contribution in [2.45, 2.75) is 18.6 Å². The fourth-order valence-electron chi connectivity index (χ4n) is 3.09. The number of fused-ring (bicyclic) bond motifs is 1. The van der Waals surface area contributed by atoms with Crippen LogP contribution in [0.3, 0.4) is 0 Å². The summed E-state index contributed by atoms with van der Waals surface area (Å²) in [4.78, 5) is 25.7. The minimum atomic E-state index is -1.13. The van der Waals surface area contributed by atoms with Crippen LogP contribution in [0.1, 0.15) is 27.1 Å². The lowest BCUT2D eigenvalue weighted by molar-refractivity contribution is -0.160. The highest BCUT2D eigenvalue weighted by atomic mass is 16.6. The van der Waals surface area contributed by atoms with E-state index in [-0.39, 0.29) is 35.0 Å². The van der Waals surface area contributed by atoms with E-state index >= 15 is 0 Å². The molecule has 1 aromatic rings. The molecule has 0 bridgehead atoms. The van der Waals surface area contributed by atoms with Gasteiger partial charge in [0, 0.05) is 13.1 Å². The van der Waals surface area contributed by atoms with E-state index in [1.165, 1.54) is 13.2 Å². The average molecular weight is 321 g/mol. The predicted octanol–water partition coefficient (Wildman–Crippen LogP) is 1.02. The maximum absolute atomic E-state index is 12.8. The van der Waals surface area contributed by atoms with E-state index < -0.39 is 5.97 Å². The summed E-state index contributed by atoms with van der Waals surface area (Å²) in [6.45, 7) is 2.10. The first-order valence-electron chi connectivity index (χ1n) is 7.54. The van der Waals surface area contributed by atoms with Crippen LogP contribution in [0.4, 0.5) is 0 Å². The molecule has 0 unspecified atom stereocenters. The fourth-order valence-corrected chi connectivity index (χ4v) is 3.09. The van der Waals surface area contributed by atoms with Gasteiger partial charge in [0.05, 0.1) is 32.0 Å². The van der Waals surface area contributed by atoms with Crippen molar-refractivity contribution in [1.29, 1.82) is 0 Å². The van der Waals surface area contributed by atoms with Gasteiger partial charge in [0.25, 0.3) is 5.91 Å². The largest absolute Gasteiger partial charge is 0.495 e. The van der Waals surface area contributed by atoms with Gasteiger partial charge in [-0.25, -0.2) is 4.79 Å². The van der Waals surface area contributed by atoms with Gasteiger partial charge < -0.3 is 24.2 Å². The Morgan fingerprint density at radius 3 is 2.61 bits per heavy atom. The molecule has 1 aromatic carbocycles. The quantitative estimate of drug-likeness (QED) is 0.895. The van der Waals surface area contributed by atoms with Gasteiger partial charge in [-0.1, -0.05) is 6.07 Å². The van der Waals surface area contributed by atoms with E-state index in [9.17, 15) is 14.7 Å². The molecule has 0 spiro atoms. The van der Waals surface area contributed by atoms with Crippen molar-refractivity contribution in [3.05, 3.63) is 29.3 Å². The Kier molecular flexibility index (Phi) is 4.49. The standard InChI is InChI=1S/C16H19NO6/c1-21-14-10(3-2-4-11(14)16(19)20)15(18)17-6-5-12-13(9-17)23-8-7-22-12/h2-4,12-13H,5-9H2,1H3,(H,19,20)/t12-,13-/m0/s1. The van der Waals surface area contributed by atoms with Gasteiger partial charge in [-0.3, -0.25) is 4.79 Å². The molecule has 2 atom stereocenters. The SMILES string of the molecule is COc1c(C(=O)O)cccc1C(=O)N1CC[C@@H]2OCCO[C@H]2C1. The summed E-state index contributed by atoms with van der Waals surface area (Å²) in [5.41, 5.74) is 0.230. The van der Waals surface area contributed by atoms with Gasteiger partial charge in [0.1, 0.15) is 17.4 Å². The number of carboxylic acids is 1. The van der Waals surface area contributed by atoms with E-state index in [0.717, 1.165) is 0 Å². The number of benzene rings is 1. The van der Waals surface area contributed by atoms with E-state index in [2.05, 4.69) is 0 Å². The normalized spacial score (nSPS) is 24.0. The predicted molar refractivity (Wildman–Crippen MR) is 80.0 cm³/mol. The van der Waals surface area contributed by atoms with Crippen LogP contribution in [-0.2, 0) is 9.47 Å². The maximum Gasteiger partial charge on any atom is 0.339 e. The van der Waals surface area contributed by atoms with Crippen molar-refractivity contribution >= 4 is 11.9 Å². The molecule has 0 radical (unpaired) electrons. The third-order valence-electron chi connectivity index (χ3n) is 4.21. The molecule has 0 aliphatic carbocycles. The highest BCUT2D eigenvalue weighted by Crippen LogP contribution is 2.28. The number of carbonyl (C=O) groups is 2. The molecular weight excluding hydrogens is 302 g/mol.